The van der Waals surface area contributed by atoms with Crippen molar-refractivity contribution in [3.05, 3.63) is 17.7 Å². The number of hydrogen-bond donors (Lipinski definition) is 0. The first kappa shape index (κ1) is 9.76. The highest BCUT2D eigenvalue weighted by molar-refractivity contribution is 7.99. The molecule has 82 valence electrons. The molecule has 3 heterocycles. The fourth-order valence-electron chi connectivity index (χ4n) is 2.73. The summed E-state index contributed by atoms with van der Waals surface area (Å²) in [6, 6.07) is 0. The first-order valence-electron chi connectivity index (χ1n) is 6.07. The van der Waals surface area contributed by atoms with Crippen molar-refractivity contribution in [1.82, 2.24) is 9.55 Å². The van der Waals surface area contributed by atoms with Crippen LogP contribution in [-0.2, 0) is 13.0 Å². The Kier molecular flexibility index (Phi) is 2.74. The average molecular weight is 222 g/mol. The lowest BCUT2D eigenvalue weighted by Gasteiger charge is -2.24. The van der Waals surface area contributed by atoms with Gasteiger partial charge in [0.2, 0.25) is 0 Å². The SMILES string of the molecule is c1nc(C2CCCSC2)n2c1CCCC2. The zero-order valence-corrected chi connectivity index (χ0v) is 9.93. The van der Waals surface area contributed by atoms with E-state index in [9.17, 15) is 0 Å². The van der Waals surface area contributed by atoms with Gasteiger partial charge in [0.25, 0.3) is 0 Å². The summed E-state index contributed by atoms with van der Waals surface area (Å²) in [4.78, 5) is 4.67. The first-order valence-corrected chi connectivity index (χ1v) is 7.22. The molecule has 0 spiro atoms. The van der Waals surface area contributed by atoms with Crippen molar-refractivity contribution in [3.63, 3.8) is 0 Å². The number of rotatable bonds is 1. The van der Waals surface area contributed by atoms with Crippen LogP contribution in [0.25, 0.3) is 0 Å². The summed E-state index contributed by atoms with van der Waals surface area (Å²) >= 11 is 2.10. The molecule has 0 N–H and O–H groups in total. The van der Waals surface area contributed by atoms with Crippen LogP contribution in [0, 0.1) is 0 Å². The van der Waals surface area contributed by atoms with Gasteiger partial charge in [-0.05, 0) is 37.9 Å². The number of aromatic nitrogens is 2. The second-order valence-electron chi connectivity index (χ2n) is 4.63. The smallest absolute Gasteiger partial charge is 0.112 e. The van der Waals surface area contributed by atoms with E-state index in [1.54, 1.807) is 0 Å². The van der Waals surface area contributed by atoms with Gasteiger partial charge in [-0.25, -0.2) is 4.98 Å². The quantitative estimate of drug-likeness (QED) is 0.727. The van der Waals surface area contributed by atoms with Gasteiger partial charge in [0.05, 0.1) is 0 Å². The van der Waals surface area contributed by atoms with Crippen LogP contribution < -0.4 is 0 Å². The molecule has 0 radical (unpaired) electrons. The van der Waals surface area contributed by atoms with E-state index in [1.807, 2.05) is 0 Å². The number of imidazole rings is 1. The number of thioether (sulfide) groups is 1. The molecule has 1 fully saturated rings. The highest BCUT2D eigenvalue weighted by atomic mass is 32.2. The highest BCUT2D eigenvalue weighted by Crippen LogP contribution is 2.32. The molecule has 1 aromatic rings. The second kappa shape index (κ2) is 4.20. The van der Waals surface area contributed by atoms with E-state index in [1.165, 1.54) is 61.7 Å². The van der Waals surface area contributed by atoms with Crippen LogP contribution in [-0.4, -0.2) is 21.1 Å². The van der Waals surface area contributed by atoms with Crippen LogP contribution >= 0.6 is 11.8 Å². The maximum atomic E-state index is 4.67. The summed E-state index contributed by atoms with van der Waals surface area (Å²) in [7, 11) is 0. The van der Waals surface area contributed by atoms with E-state index in [2.05, 4.69) is 27.5 Å². The molecule has 1 aromatic heterocycles. The van der Waals surface area contributed by atoms with Gasteiger partial charge in [0.15, 0.2) is 0 Å². The second-order valence-corrected chi connectivity index (χ2v) is 5.78. The zero-order valence-electron chi connectivity index (χ0n) is 9.11. The molecular weight excluding hydrogens is 204 g/mol. The van der Waals surface area contributed by atoms with Crippen molar-refractivity contribution < 1.29 is 0 Å². The van der Waals surface area contributed by atoms with Gasteiger partial charge in [-0.1, -0.05) is 0 Å². The summed E-state index contributed by atoms with van der Waals surface area (Å²) in [5.74, 6) is 4.76. The Morgan fingerprint density at radius 3 is 3.20 bits per heavy atom. The third kappa shape index (κ3) is 1.82. The lowest BCUT2D eigenvalue weighted by Crippen LogP contribution is -2.18. The van der Waals surface area contributed by atoms with Gasteiger partial charge in [0, 0.05) is 30.1 Å². The van der Waals surface area contributed by atoms with Crippen molar-refractivity contribution in [2.45, 2.75) is 44.6 Å². The van der Waals surface area contributed by atoms with Gasteiger partial charge in [-0.3, -0.25) is 0 Å². The maximum Gasteiger partial charge on any atom is 0.112 e. The first-order chi connectivity index (χ1) is 7.45. The average Bonchev–Trinajstić information content (AvgIpc) is 2.74. The Hall–Kier alpha value is -0.440. The summed E-state index contributed by atoms with van der Waals surface area (Å²) in [5, 5.41) is 0. The van der Waals surface area contributed by atoms with Gasteiger partial charge in [0.1, 0.15) is 5.82 Å². The molecule has 0 saturated carbocycles. The molecule has 2 aliphatic rings. The Morgan fingerprint density at radius 1 is 1.33 bits per heavy atom. The predicted octanol–water partition coefficient (Wildman–Crippen LogP) is 2.83. The Morgan fingerprint density at radius 2 is 2.33 bits per heavy atom. The molecule has 15 heavy (non-hydrogen) atoms. The third-order valence-electron chi connectivity index (χ3n) is 3.56. The molecule has 0 amide bonds. The Labute approximate surface area is 95.5 Å². The van der Waals surface area contributed by atoms with Crippen LogP contribution in [0.2, 0.25) is 0 Å². The summed E-state index contributed by atoms with van der Waals surface area (Å²) < 4.78 is 2.50. The number of hydrogen-bond acceptors (Lipinski definition) is 2. The minimum absolute atomic E-state index is 0.732. The van der Waals surface area contributed by atoms with Crippen molar-refractivity contribution in [1.29, 1.82) is 0 Å². The van der Waals surface area contributed by atoms with Gasteiger partial charge < -0.3 is 4.57 Å². The minimum atomic E-state index is 0.732. The zero-order chi connectivity index (χ0) is 10.1. The maximum absolute atomic E-state index is 4.67. The van der Waals surface area contributed by atoms with Crippen LogP contribution in [0.3, 0.4) is 0 Å². The fourth-order valence-corrected chi connectivity index (χ4v) is 3.87. The van der Waals surface area contributed by atoms with Gasteiger partial charge in [-0.2, -0.15) is 11.8 Å². The van der Waals surface area contributed by atoms with Gasteiger partial charge >= 0.3 is 0 Å². The number of fused-ring (bicyclic) bond motifs is 1. The summed E-state index contributed by atoms with van der Waals surface area (Å²) in [5.41, 5.74) is 1.48. The standard InChI is InChI=1S/C12H18N2S/c1-2-6-14-11(5-1)8-13-12(14)10-4-3-7-15-9-10/h8,10H,1-7,9H2. The Balaban J connectivity index is 1.87. The van der Waals surface area contributed by atoms with Crippen LogP contribution in [0.4, 0.5) is 0 Å². The molecule has 1 unspecified atom stereocenters. The predicted molar refractivity (Wildman–Crippen MR) is 64.5 cm³/mol. The molecule has 0 bridgehead atoms. The molecule has 1 saturated heterocycles. The van der Waals surface area contributed by atoms with Crippen molar-refractivity contribution in [3.8, 4) is 0 Å². The van der Waals surface area contributed by atoms with E-state index in [4.69, 9.17) is 0 Å². The largest absolute Gasteiger partial charge is 0.332 e. The van der Waals surface area contributed by atoms with Crippen molar-refractivity contribution >= 4 is 11.8 Å². The van der Waals surface area contributed by atoms with Crippen LogP contribution in [0.15, 0.2) is 6.20 Å². The number of aryl methyl sites for hydroxylation is 1. The van der Waals surface area contributed by atoms with Crippen molar-refractivity contribution in [2.24, 2.45) is 0 Å². The third-order valence-corrected chi connectivity index (χ3v) is 4.77. The lowest BCUT2D eigenvalue weighted by molar-refractivity contribution is 0.489. The van der Waals surface area contributed by atoms with Gasteiger partial charge in [-0.15, -0.1) is 0 Å². The lowest BCUT2D eigenvalue weighted by atomic mass is 10.0. The van der Waals surface area contributed by atoms with Crippen molar-refractivity contribution in [2.75, 3.05) is 11.5 Å². The van der Waals surface area contributed by atoms with E-state index >= 15 is 0 Å². The Bertz CT molecular complexity index is 339. The van der Waals surface area contributed by atoms with Crippen LogP contribution in [0.1, 0.15) is 43.1 Å². The highest BCUT2D eigenvalue weighted by Gasteiger charge is 2.23. The molecule has 0 aliphatic carbocycles. The molecule has 3 heteroatoms. The molecule has 2 nitrogen and oxygen atoms in total. The molecule has 2 aliphatic heterocycles. The van der Waals surface area contributed by atoms with Crippen LogP contribution in [0.5, 0.6) is 0 Å². The molecule has 0 aromatic carbocycles. The minimum Gasteiger partial charge on any atom is -0.332 e. The topological polar surface area (TPSA) is 17.8 Å². The van der Waals surface area contributed by atoms with E-state index in [0.29, 0.717) is 0 Å². The summed E-state index contributed by atoms with van der Waals surface area (Å²) in [6.07, 6.45) is 8.78. The molecule has 3 rings (SSSR count). The van der Waals surface area contributed by atoms with E-state index < -0.39 is 0 Å². The monoisotopic (exact) mass is 222 g/mol. The van der Waals surface area contributed by atoms with E-state index in [0.717, 1.165) is 5.92 Å². The molecular formula is C12H18N2S. The number of nitrogens with zero attached hydrogens (tertiary/aromatic N) is 2. The summed E-state index contributed by atoms with van der Waals surface area (Å²) in [6.45, 7) is 1.21. The van der Waals surface area contributed by atoms with E-state index in [-0.39, 0.29) is 0 Å². The normalized spacial score (nSPS) is 26.3. The fraction of sp³-hybridized carbons (Fsp3) is 0.750. The molecule has 1 atom stereocenters.